The summed E-state index contributed by atoms with van der Waals surface area (Å²) < 4.78 is 15.5. The highest BCUT2D eigenvalue weighted by atomic mass is 16.2. The molecule has 0 saturated carbocycles. The molecule has 0 aliphatic carbocycles. The van der Waals surface area contributed by atoms with Gasteiger partial charge in [0, 0.05) is 22.1 Å². The van der Waals surface area contributed by atoms with Gasteiger partial charge in [-0.3, -0.25) is 14.5 Å². The van der Waals surface area contributed by atoms with Gasteiger partial charge in [-0.15, -0.1) is 0 Å². The van der Waals surface area contributed by atoms with E-state index in [4.69, 9.17) is 2.74 Å². The quantitative estimate of drug-likeness (QED) is 0.622. The third kappa shape index (κ3) is 2.83. The zero-order chi connectivity index (χ0) is 11.9. The molecular formula is C10H17NO2. The van der Waals surface area contributed by atoms with E-state index < -0.39 is 17.7 Å². The predicted octanol–water partition coefficient (Wildman–Crippen LogP) is 1.57. The van der Waals surface area contributed by atoms with Crippen LogP contribution in [0.3, 0.4) is 0 Å². The zero-order valence-corrected chi connectivity index (χ0v) is 8.39. The van der Waals surface area contributed by atoms with Gasteiger partial charge in [0.1, 0.15) is 0 Å². The Morgan fingerprint density at radius 3 is 2.62 bits per heavy atom. The van der Waals surface area contributed by atoms with E-state index in [-0.39, 0.29) is 5.91 Å². The number of nitrogens with zero attached hydrogens (tertiary/aromatic N) is 1. The van der Waals surface area contributed by atoms with Crippen molar-refractivity contribution in [1.82, 2.24) is 4.90 Å². The molecule has 0 spiro atoms. The Morgan fingerprint density at radius 2 is 2.23 bits per heavy atom. The van der Waals surface area contributed by atoms with E-state index in [1.54, 1.807) is 20.8 Å². The largest absolute Gasteiger partial charge is 0.283 e. The van der Waals surface area contributed by atoms with E-state index in [0.29, 0.717) is 19.4 Å². The number of hydrogen-bond donors (Lipinski definition) is 0. The van der Waals surface area contributed by atoms with Crippen molar-refractivity contribution in [2.75, 3.05) is 6.54 Å². The molecule has 3 nitrogen and oxygen atoms in total. The van der Waals surface area contributed by atoms with E-state index >= 15 is 0 Å². The third-order valence-electron chi connectivity index (χ3n) is 1.80. The van der Waals surface area contributed by atoms with Crippen molar-refractivity contribution in [3.05, 3.63) is 0 Å². The maximum atomic E-state index is 11.9. The maximum absolute atomic E-state index is 11.9. The first kappa shape index (κ1) is 7.54. The molecule has 0 aromatic heterocycles. The molecule has 0 radical (unpaired) electrons. The molecular weight excluding hydrogens is 166 g/mol. The molecule has 0 aromatic rings. The maximum Gasteiger partial charge on any atom is 0.229 e. The summed E-state index contributed by atoms with van der Waals surface area (Å²) in [5, 5.41) is 0. The molecule has 0 N–H and O–H groups in total. The first-order valence-electron chi connectivity index (χ1n) is 5.53. The highest BCUT2D eigenvalue weighted by molar-refractivity contribution is 5.96. The van der Waals surface area contributed by atoms with Crippen LogP contribution < -0.4 is 0 Å². The molecule has 13 heavy (non-hydrogen) atoms. The highest BCUT2D eigenvalue weighted by Crippen LogP contribution is 2.21. The summed E-state index contributed by atoms with van der Waals surface area (Å²) >= 11 is 0. The van der Waals surface area contributed by atoms with Crippen LogP contribution in [0.4, 0.5) is 0 Å². The molecule has 1 aliphatic rings. The van der Waals surface area contributed by atoms with Crippen molar-refractivity contribution in [1.29, 1.82) is 0 Å². The van der Waals surface area contributed by atoms with Crippen LogP contribution in [-0.4, -0.2) is 23.3 Å². The Morgan fingerprint density at radius 1 is 1.62 bits per heavy atom. The fraction of sp³-hybridized carbons (Fsp3) is 0.800. The van der Waals surface area contributed by atoms with E-state index in [2.05, 4.69) is 0 Å². The van der Waals surface area contributed by atoms with Gasteiger partial charge >= 0.3 is 0 Å². The molecule has 74 valence electrons. The molecule has 1 heterocycles. The fourth-order valence-electron chi connectivity index (χ4n) is 1.25. The molecule has 2 amide bonds. The van der Waals surface area contributed by atoms with Gasteiger partial charge in [0.15, 0.2) is 0 Å². The predicted molar refractivity (Wildman–Crippen MR) is 50.0 cm³/mol. The number of amides is 2. The van der Waals surface area contributed by atoms with Crippen LogP contribution in [0.15, 0.2) is 0 Å². The summed E-state index contributed by atoms with van der Waals surface area (Å²) in [5.41, 5.74) is -0.799. The third-order valence-corrected chi connectivity index (χ3v) is 1.80. The fourth-order valence-corrected chi connectivity index (χ4v) is 1.25. The van der Waals surface area contributed by atoms with Crippen molar-refractivity contribution in [2.24, 2.45) is 5.41 Å². The SMILES string of the molecule is [2H]C([2H])(C(=O)N1CCCC1=O)C(C)(C)C. The second-order valence-electron chi connectivity index (χ2n) is 4.33. The van der Waals surface area contributed by atoms with Gasteiger partial charge in [-0.05, 0) is 11.8 Å². The summed E-state index contributed by atoms with van der Waals surface area (Å²) in [7, 11) is 0. The van der Waals surface area contributed by atoms with Crippen LogP contribution in [-0.2, 0) is 9.59 Å². The summed E-state index contributed by atoms with van der Waals surface area (Å²) in [5.74, 6) is -0.953. The number of imide groups is 1. The topological polar surface area (TPSA) is 37.4 Å². The van der Waals surface area contributed by atoms with E-state index in [0.717, 1.165) is 4.90 Å². The molecule has 1 rings (SSSR count). The lowest BCUT2D eigenvalue weighted by molar-refractivity contribution is -0.142. The smallest absolute Gasteiger partial charge is 0.229 e. The normalized spacial score (nSPS) is 21.5. The van der Waals surface area contributed by atoms with Crippen LogP contribution in [0.25, 0.3) is 0 Å². The minimum atomic E-state index is -1.99. The standard InChI is InChI=1S/C10H17NO2/c1-10(2,3)7-9(13)11-6-4-5-8(11)12/h4-7H2,1-3H3/i7D2. The minimum Gasteiger partial charge on any atom is -0.283 e. The molecule has 0 bridgehead atoms. The lowest BCUT2D eigenvalue weighted by Crippen LogP contribution is -2.34. The Hall–Kier alpha value is -0.860. The molecule has 0 atom stereocenters. The first-order valence-corrected chi connectivity index (χ1v) is 4.53. The monoisotopic (exact) mass is 185 g/mol. The Bertz CT molecular complexity index is 294. The molecule has 1 aliphatic heterocycles. The summed E-state index contributed by atoms with van der Waals surface area (Å²) in [6, 6.07) is 0. The van der Waals surface area contributed by atoms with Gasteiger partial charge in [0.25, 0.3) is 0 Å². The molecule has 1 fully saturated rings. The molecule has 1 saturated heterocycles. The average Bonchev–Trinajstić information content (AvgIpc) is 2.48. The number of rotatable bonds is 1. The lowest BCUT2D eigenvalue weighted by atomic mass is 9.92. The van der Waals surface area contributed by atoms with Crippen LogP contribution in [0.5, 0.6) is 0 Å². The van der Waals surface area contributed by atoms with Crippen molar-refractivity contribution < 1.29 is 12.3 Å². The van der Waals surface area contributed by atoms with Crippen molar-refractivity contribution >= 4 is 11.8 Å². The van der Waals surface area contributed by atoms with Crippen LogP contribution >= 0.6 is 0 Å². The second kappa shape index (κ2) is 3.48. The summed E-state index contributed by atoms with van der Waals surface area (Å²) in [6.07, 6.45) is -0.996. The number of hydrogen-bond acceptors (Lipinski definition) is 2. The van der Waals surface area contributed by atoms with Gasteiger partial charge in [-0.2, -0.15) is 0 Å². The van der Waals surface area contributed by atoms with Crippen LogP contribution in [0.1, 0.15) is 42.7 Å². The highest BCUT2D eigenvalue weighted by Gasteiger charge is 2.28. The second-order valence-corrected chi connectivity index (χ2v) is 4.33. The van der Waals surface area contributed by atoms with Crippen molar-refractivity contribution in [3.63, 3.8) is 0 Å². The Balaban J connectivity index is 2.89. The number of likely N-dealkylation sites (tertiary alicyclic amines) is 1. The molecule has 0 unspecified atom stereocenters. The van der Waals surface area contributed by atoms with Gasteiger partial charge in [0.05, 0.1) is 0 Å². The van der Waals surface area contributed by atoms with Crippen molar-refractivity contribution in [2.45, 2.75) is 40.0 Å². The van der Waals surface area contributed by atoms with E-state index in [1.807, 2.05) is 0 Å². The molecule has 0 aromatic carbocycles. The van der Waals surface area contributed by atoms with E-state index in [1.165, 1.54) is 0 Å². The number of carbonyl (C=O) groups is 2. The van der Waals surface area contributed by atoms with Crippen LogP contribution in [0.2, 0.25) is 0 Å². The van der Waals surface area contributed by atoms with E-state index in [9.17, 15) is 9.59 Å². The van der Waals surface area contributed by atoms with Crippen molar-refractivity contribution in [3.8, 4) is 0 Å². The lowest BCUT2D eigenvalue weighted by Gasteiger charge is -2.21. The van der Waals surface area contributed by atoms with Gasteiger partial charge < -0.3 is 0 Å². The summed E-state index contributed by atoms with van der Waals surface area (Å²) in [4.78, 5) is 24.2. The first-order chi connectivity index (χ1) is 6.68. The Kier molecular flexibility index (Phi) is 2.02. The zero-order valence-electron chi connectivity index (χ0n) is 10.4. The number of carbonyl (C=O) groups excluding carboxylic acids is 2. The van der Waals surface area contributed by atoms with Gasteiger partial charge in [-0.1, -0.05) is 20.8 Å². The minimum absolute atomic E-state index is 0.256. The Labute approximate surface area is 81.9 Å². The summed E-state index contributed by atoms with van der Waals surface area (Å²) in [6.45, 7) is 5.33. The molecule has 3 heteroatoms. The average molecular weight is 185 g/mol. The van der Waals surface area contributed by atoms with Crippen LogP contribution in [0, 0.1) is 5.41 Å². The van der Waals surface area contributed by atoms with Gasteiger partial charge in [-0.25, -0.2) is 0 Å². The van der Waals surface area contributed by atoms with Gasteiger partial charge in [0.2, 0.25) is 11.8 Å².